The molecule has 3 aromatic rings. The number of rotatable bonds is 12. The van der Waals surface area contributed by atoms with E-state index in [-0.39, 0.29) is 5.91 Å². The van der Waals surface area contributed by atoms with E-state index < -0.39 is 0 Å². The van der Waals surface area contributed by atoms with Gasteiger partial charge in [0.2, 0.25) is 5.91 Å². The molecule has 5 heteroatoms. The van der Waals surface area contributed by atoms with Crippen LogP contribution in [-0.2, 0) is 17.9 Å². The van der Waals surface area contributed by atoms with Crippen LogP contribution in [-0.4, -0.2) is 73.0 Å². The van der Waals surface area contributed by atoms with Crippen LogP contribution in [0.1, 0.15) is 48.8 Å². The van der Waals surface area contributed by atoms with Gasteiger partial charge < -0.3 is 20.0 Å². The quantitative estimate of drug-likeness (QED) is 0.278. The lowest BCUT2D eigenvalue weighted by atomic mass is 10.0. The highest BCUT2D eigenvalue weighted by Crippen LogP contribution is 2.24. The van der Waals surface area contributed by atoms with Gasteiger partial charge in [0.25, 0.3) is 0 Å². The molecule has 0 atom stereocenters. The Hall–Kier alpha value is -3.25. The Labute approximate surface area is 246 Å². The summed E-state index contributed by atoms with van der Waals surface area (Å²) in [6.45, 7) is 7.75. The Morgan fingerprint density at radius 2 is 1.56 bits per heavy atom. The Morgan fingerprint density at radius 1 is 0.878 bits per heavy atom. The normalized spacial score (nSPS) is 16.9. The van der Waals surface area contributed by atoms with E-state index in [0.717, 1.165) is 63.4 Å². The zero-order chi connectivity index (χ0) is 28.3. The Kier molecular flexibility index (Phi) is 10.8. The predicted molar refractivity (Wildman–Crippen MR) is 170 cm³/mol. The van der Waals surface area contributed by atoms with Gasteiger partial charge in [-0.3, -0.25) is 4.79 Å². The molecule has 1 aliphatic carbocycles. The van der Waals surface area contributed by atoms with E-state index in [9.17, 15) is 4.79 Å². The second kappa shape index (κ2) is 15.1. The zero-order valence-electron chi connectivity index (χ0n) is 24.7. The summed E-state index contributed by atoms with van der Waals surface area (Å²) in [5.41, 5.74) is 5.97. The van der Waals surface area contributed by atoms with Crippen LogP contribution < -0.4 is 5.32 Å². The van der Waals surface area contributed by atoms with Crippen LogP contribution in [0.4, 0.5) is 0 Å². The van der Waals surface area contributed by atoms with Crippen LogP contribution in [0.3, 0.4) is 0 Å². The Morgan fingerprint density at radius 3 is 2.29 bits per heavy atom. The second-order valence-electron chi connectivity index (χ2n) is 11.8. The first kappa shape index (κ1) is 29.2. The molecule has 5 rings (SSSR count). The topological polar surface area (TPSA) is 38.8 Å². The van der Waals surface area contributed by atoms with Gasteiger partial charge in [-0.1, -0.05) is 79.6 Å². The van der Waals surface area contributed by atoms with Crippen molar-refractivity contribution in [1.82, 2.24) is 20.0 Å². The highest BCUT2D eigenvalue weighted by Gasteiger charge is 2.17. The largest absolute Gasteiger partial charge is 0.335 e. The summed E-state index contributed by atoms with van der Waals surface area (Å²) >= 11 is 0. The first-order valence-electron chi connectivity index (χ1n) is 15.5. The molecule has 0 spiro atoms. The Bertz CT molecular complexity index is 1260. The predicted octanol–water partition coefficient (Wildman–Crippen LogP) is 6.07. The number of hydrogen-bond donors (Lipinski definition) is 1. The molecule has 0 unspecified atom stereocenters. The zero-order valence-corrected chi connectivity index (χ0v) is 24.7. The fourth-order valence-electron chi connectivity index (χ4n) is 5.98. The van der Waals surface area contributed by atoms with Crippen molar-refractivity contribution >= 4 is 12.0 Å². The van der Waals surface area contributed by atoms with Gasteiger partial charge in [0, 0.05) is 57.9 Å². The van der Waals surface area contributed by atoms with E-state index in [2.05, 4.69) is 70.7 Å². The van der Waals surface area contributed by atoms with Crippen molar-refractivity contribution in [2.24, 2.45) is 0 Å². The molecule has 1 saturated heterocycles. The average Bonchev–Trinajstić information content (AvgIpc) is 3.54. The number of nitrogens with one attached hydrogen (secondary N) is 1. The highest BCUT2D eigenvalue weighted by atomic mass is 16.2. The van der Waals surface area contributed by atoms with Crippen LogP contribution >= 0.6 is 0 Å². The number of hydrogen-bond acceptors (Lipinski definition) is 4. The van der Waals surface area contributed by atoms with Crippen molar-refractivity contribution in [3.8, 4) is 11.1 Å². The van der Waals surface area contributed by atoms with E-state index in [4.69, 9.17) is 0 Å². The lowest BCUT2D eigenvalue weighted by Gasteiger charge is -2.33. The number of amides is 1. The molecule has 216 valence electrons. The van der Waals surface area contributed by atoms with Gasteiger partial charge in [0.05, 0.1) is 0 Å². The second-order valence-corrected chi connectivity index (χ2v) is 11.8. The molecular formula is C36H46N4O. The molecule has 3 aromatic carbocycles. The van der Waals surface area contributed by atoms with Gasteiger partial charge in [-0.2, -0.15) is 0 Å². The number of nitrogens with zero attached hydrogens (tertiary/aromatic N) is 3. The van der Waals surface area contributed by atoms with Crippen LogP contribution in [0.2, 0.25) is 0 Å². The molecule has 41 heavy (non-hydrogen) atoms. The number of carbonyl (C=O) groups is 1. The average molecular weight is 551 g/mol. The Balaban J connectivity index is 1.25. The molecule has 2 aliphatic rings. The van der Waals surface area contributed by atoms with Gasteiger partial charge in [0.15, 0.2) is 0 Å². The van der Waals surface area contributed by atoms with Gasteiger partial charge in [0.1, 0.15) is 0 Å². The third kappa shape index (κ3) is 9.12. The third-order valence-electron chi connectivity index (χ3n) is 8.54. The van der Waals surface area contributed by atoms with Crippen molar-refractivity contribution < 1.29 is 4.79 Å². The maximum atomic E-state index is 13.4. The summed E-state index contributed by atoms with van der Waals surface area (Å²) in [4.78, 5) is 20.4. The van der Waals surface area contributed by atoms with E-state index in [1.807, 2.05) is 41.3 Å². The number of benzene rings is 3. The van der Waals surface area contributed by atoms with Crippen molar-refractivity contribution in [3.05, 3.63) is 102 Å². The third-order valence-corrected chi connectivity index (χ3v) is 8.54. The molecule has 0 radical (unpaired) electrons. The molecule has 1 heterocycles. The minimum atomic E-state index is 0.0672. The summed E-state index contributed by atoms with van der Waals surface area (Å²) in [6, 6.07) is 28.3. The summed E-state index contributed by atoms with van der Waals surface area (Å²) < 4.78 is 0. The molecular weight excluding hydrogens is 504 g/mol. The summed E-state index contributed by atoms with van der Waals surface area (Å²) in [5, 5.41) is 3.74. The van der Waals surface area contributed by atoms with Crippen LogP contribution in [0, 0.1) is 0 Å². The standard InChI is InChI=1S/C36H46N4O/c1-38-22-24-39(25-23-38)20-9-21-40(36(41)19-18-30-10-3-2-4-11-30)29-32-13-8-15-34(27-32)33-14-7-12-31(26-33)28-37-35-16-5-6-17-35/h2-4,7-8,10-15,18-19,26-27,35,37H,5-6,9,16-17,20-25,28-29H2,1H3/b19-18+. The maximum Gasteiger partial charge on any atom is 0.246 e. The summed E-state index contributed by atoms with van der Waals surface area (Å²) in [7, 11) is 2.19. The van der Waals surface area contributed by atoms with Crippen LogP contribution in [0.5, 0.6) is 0 Å². The summed E-state index contributed by atoms with van der Waals surface area (Å²) in [6.07, 6.45) is 9.93. The van der Waals surface area contributed by atoms with Gasteiger partial charge in [-0.05, 0) is 78.9 Å². The molecule has 1 saturated carbocycles. The molecule has 1 aliphatic heterocycles. The molecule has 0 aromatic heterocycles. The van der Waals surface area contributed by atoms with E-state index in [1.165, 1.54) is 42.4 Å². The lowest BCUT2D eigenvalue weighted by Crippen LogP contribution is -2.45. The molecule has 0 bridgehead atoms. The first-order valence-corrected chi connectivity index (χ1v) is 15.5. The van der Waals surface area contributed by atoms with Gasteiger partial charge >= 0.3 is 0 Å². The minimum Gasteiger partial charge on any atom is -0.335 e. The number of carbonyl (C=O) groups excluding carboxylic acids is 1. The van der Waals surface area contributed by atoms with E-state index in [0.29, 0.717) is 12.6 Å². The van der Waals surface area contributed by atoms with Gasteiger partial charge in [-0.15, -0.1) is 0 Å². The maximum absolute atomic E-state index is 13.4. The van der Waals surface area contributed by atoms with Crippen molar-refractivity contribution in [2.45, 2.75) is 51.2 Å². The molecule has 1 amide bonds. The van der Waals surface area contributed by atoms with E-state index >= 15 is 0 Å². The molecule has 5 nitrogen and oxygen atoms in total. The van der Waals surface area contributed by atoms with Crippen LogP contribution in [0.15, 0.2) is 84.9 Å². The van der Waals surface area contributed by atoms with Gasteiger partial charge in [-0.25, -0.2) is 0 Å². The van der Waals surface area contributed by atoms with Crippen LogP contribution in [0.25, 0.3) is 17.2 Å². The minimum absolute atomic E-state index is 0.0672. The fraction of sp³-hybridized carbons (Fsp3) is 0.417. The van der Waals surface area contributed by atoms with E-state index in [1.54, 1.807) is 6.08 Å². The fourth-order valence-corrected chi connectivity index (χ4v) is 5.98. The summed E-state index contributed by atoms with van der Waals surface area (Å²) in [5.74, 6) is 0.0672. The number of piperazine rings is 1. The number of likely N-dealkylation sites (N-methyl/N-ethyl adjacent to an activating group) is 1. The molecule has 1 N–H and O–H groups in total. The lowest BCUT2D eigenvalue weighted by molar-refractivity contribution is -0.126. The first-order chi connectivity index (χ1) is 20.1. The van der Waals surface area contributed by atoms with Crippen molar-refractivity contribution in [2.75, 3.05) is 46.3 Å². The SMILES string of the molecule is CN1CCN(CCCN(Cc2cccc(-c3cccc(CNC4CCCC4)c3)c2)C(=O)/C=C/c2ccccc2)CC1. The van der Waals surface area contributed by atoms with Crippen molar-refractivity contribution in [3.63, 3.8) is 0 Å². The van der Waals surface area contributed by atoms with Crippen molar-refractivity contribution in [1.29, 1.82) is 0 Å². The monoisotopic (exact) mass is 550 g/mol. The highest BCUT2D eigenvalue weighted by molar-refractivity contribution is 5.91. The smallest absolute Gasteiger partial charge is 0.246 e. The molecule has 2 fully saturated rings.